The van der Waals surface area contributed by atoms with Crippen molar-refractivity contribution >= 4 is 15.9 Å². The van der Waals surface area contributed by atoms with Crippen molar-refractivity contribution in [3.8, 4) is 0 Å². The zero-order valence-electron chi connectivity index (χ0n) is 8.59. The van der Waals surface area contributed by atoms with Gasteiger partial charge in [-0.1, -0.05) is 20.3 Å². The SMILES string of the molecule is CCC(C)CC(NN)c1occc1Br. The van der Waals surface area contributed by atoms with Gasteiger partial charge in [0, 0.05) is 0 Å². The van der Waals surface area contributed by atoms with Crippen LogP contribution in [-0.4, -0.2) is 0 Å². The molecule has 3 nitrogen and oxygen atoms in total. The topological polar surface area (TPSA) is 51.2 Å². The van der Waals surface area contributed by atoms with Crippen molar-refractivity contribution in [1.82, 2.24) is 5.43 Å². The van der Waals surface area contributed by atoms with E-state index in [1.54, 1.807) is 6.26 Å². The van der Waals surface area contributed by atoms with Crippen LogP contribution in [0, 0.1) is 5.92 Å². The van der Waals surface area contributed by atoms with Crippen molar-refractivity contribution < 1.29 is 4.42 Å². The fourth-order valence-corrected chi connectivity index (χ4v) is 1.85. The summed E-state index contributed by atoms with van der Waals surface area (Å²) in [5, 5.41) is 0. The summed E-state index contributed by atoms with van der Waals surface area (Å²) in [7, 11) is 0. The van der Waals surface area contributed by atoms with E-state index in [1.807, 2.05) is 6.07 Å². The van der Waals surface area contributed by atoms with E-state index in [9.17, 15) is 0 Å². The summed E-state index contributed by atoms with van der Waals surface area (Å²) in [6.45, 7) is 4.39. The number of hydrazine groups is 1. The van der Waals surface area contributed by atoms with Crippen molar-refractivity contribution in [3.63, 3.8) is 0 Å². The average Bonchev–Trinajstić information content (AvgIpc) is 2.60. The van der Waals surface area contributed by atoms with E-state index in [4.69, 9.17) is 10.3 Å². The Bertz CT molecular complexity index is 275. The van der Waals surface area contributed by atoms with E-state index in [2.05, 4.69) is 35.2 Å². The number of rotatable bonds is 5. The highest BCUT2D eigenvalue weighted by atomic mass is 79.9. The summed E-state index contributed by atoms with van der Waals surface area (Å²) in [6.07, 6.45) is 3.80. The van der Waals surface area contributed by atoms with Crippen molar-refractivity contribution in [2.24, 2.45) is 11.8 Å². The van der Waals surface area contributed by atoms with Crippen molar-refractivity contribution in [2.45, 2.75) is 32.7 Å². The van der Waals surface area contributed by atoms with Gasteiger partial charge in [-0.05, 0) is 34.3 Å². The molecule has 1 rings (SSSR count). The lowest BCUT2D eigenvalue weighted by Gasteiger charge is -2.17. The highest BCUT2D eigenvalue weighted by Gasteiger charge is 2.18. The van der Waals surface area contributed by atoms with Crippen molar-refractivity contribution in [2.75, 3.05) is 0 Å². The Morgan fingerprint density at radius 3 is 2.79 bits per heavy atom. The molecule has 0 fully saturated rings. The number of hydrogen-bond acceptors (Lipinski definition) is 3. The van der Waals surface area contributed by atoms with Gasteiger partial charge in [-0.25, -0.2) is 5.43 Å². The zero-order chi connectivity index (χ0) is 10.6. The first-order chi connectivity index (χ1) is 6.69. The average molecular weight is 261 g/mol. The quantitative estimate of drug-likeness (QED) is 0.632. The molecule has 14 heavy (non-hydrogen) atoms. The molecule has 0 saturated carbocycles. The molecule has 0 spiro atoms. The van der Waals surface area contributed by atoms with Gasteiger partial charge in [0.1, 0.15) is 5.76 Å². The first-order valence-electron chi connectivity index (χ1n) is 4.88. The largest absolute Gasteiger partial charge is 0.466 e. The molecule has 0 aliphatic rings. The summed E-state index contributed by atoms with van der Waals surface area (Å²) >= 11 is 3.43. The fourth-order valence-electron chi connectivity index (χ4n) is 1.37. The Hall–Kier alpha value is -0.320. The van der Waals surface area contributed by atoms with Gasteiger partial charge in [-0.2, -0.15) is 0 Å². The number of nitrogens with one attached hydrogen (secondary N) is 1. The first-order valence-corrected chi connectivity index (χ1v) is 5.67. The van der Waals surface area contributed by atoms with Crippen LogP contribution in [0.3, 0.4) is 0 Å². The molecule has 80 valence electrons. The third-order valence-electron chi connectivity index (χ3n) is 2.50. The molecule has 0 bridgehead atoms. The minimum atomic E-state index is 0.0920. The van der Waals surface area contributed by atoms with E-state index in [-0.39, 0.29) is 6.04 Å². The second-order valence-electron chi connectivity index (χ2n) is 3.60. The number of halogens is 1. The molecule has 0 aliphatic carbocycles. The lowest BCUT2D eigenvalue weighted by Crippen LogP contribution is -2.29. The molecule has 0 saturated heterocycles. The maximum Gasteiger partial charge on any atom is 0.136 e. The van der Waals surface area contributed by atoms with Gasteiger partial charge < -0.3 is 4.42 Å². The lowest BCUT2D eigenvalue weighted by atomic mass is 9.98. The molecule has 3 N–H and O–H groups in total. The Kier molecular flexibility index (Phi) is 4.65. The van der Waals surface area contributed by atoms with Crippen molar-refractivity contribution in [3.05, 3.63) is 22.6 Å². The van der Waals surface area contributed by atoms with Gasteiger partial charge in [0.25, 0.3) is 0 Å². The van der Waals surface area contributed by atoms with Crippen LogP contribution in [0.4, 0.5) is 0 Å². The number of furan rings is 1. The van der Waals surface area contributed by atoms with E-state index >= 15 is 0 Å². The highest BCUT2D eigenvalue weighted by Crippen LogP contribution is 2.29. The van der Waals surface area contributed by atoms with Gasteiger partial charge in [0.2, 0.25) is 0 Å². The van der Waals surface area contributed by atoms with Crippen LogP contribution < -0.4 is 11.3 Å². The Balaban J connectivity index is 2.67. The molecular formula is C10H17BrN2O. The molecule has 1 aromatic rings. The van der Waals surface area contributed by atoms with Gasteiger partial charge in [-0.15, -0.1) is 0 Å². The summed E-state index contributed by atoms with van der Waals surface area (Å²) in [4.78, 5) is 0. The van der Waals surface area contributed by atoms with Crippen LogP contribution in [0.25, 0.3) is 0 Å². The van der Waals surface area contributed by atoms with Gasteiger partial charge in [0.05, 0.1) is 16.8 Å². The Morgan fingerprint density at radius 2 is 2.36 bits per heavy atom. The molecule has 0 aromatic carbocycles. The van der Waals surface area contributed by atoms with E-state index in [0.717, 1.165) is 23.1 Å². The third-order valence-corrected chi connectivity index (χ3v) is 3.15. The van der Waals surface area contributed by atoms with Crippen LogP contribution in [0.1, 0.15) is 38.5 Å². The molecule has 0 aliphatic heterocycles. The molecule has 2 atom stereocenters. The van der Waals surface area contributed by atoms with Crippen molar-refractivity contribution in [1.29, 1.82) is 0 Å². The molecule has 2 unspecified atom stereocenters. The third kappa shape index (κ3) is 2.83. The zero-order valence-corrected chi connectivity index (χ0v) is 10.2. The number of nitrogens with two attached hydrogens (primary N) is 1. The van der Waals surface area contributed by atoms with E-state index in [1.165, 1.54) is 0 Å². The van der Waals surface area contributed by atoms with Crippen LogP contribution >= 0.6 is 15.9 Å². The second kappa shape index (κ2) is 5.53. The number of hydrogen-bond donors (Lipinski definition) is 2. The Labute approximate surface area is 93.1 Å². The highest BCUT2D eigenvalue weighted by molar-refractivity contribution is 9.10. The standard InChI is InChI=1S/C10H17BrN2O/c1-3-7(2)6-9(13-12)10-8(11)4-5-14-10/h4-5,7,9,13H,3,6,12H2,1-2H3. The molecule has 1 aromatic heterocycles. The predicted molar refractivity (Wildman–Crippen MR) is 60.5 cm³/mol. The molecule has 4 heteroatoms. The van der Waals surface area contributed by atoms with Gasteiger partial charge in [0.15, 0.2) is 0 Å². The minimum absolute atomic E-state index is 0.0920. The summed E-state index contributed by atoms with van der Waals surface area (Å²) in [5.74, 6) is 7.02. The lowest BCUT2D eigenvalue weighted by molar-refractivity contribution is 0.349. The van der Waals surface area contributed by atoms with Crippen LogP contribution in [0.15, 0.2) is 21.2 Å². The maximum absolute atomic E-state index is 5.51. The van der Waals surface area contributed by atoms with Crippen LogP contribution in [-0.2, 0) is 0 Å². The van der Waals surface area contributed by atoms with Gasteiger partial charge >= 0.3 is 0 Å². The normalized spacial score (nSPS) is 15.4. The molecule has 0 amide bonds. The monoisotopic (exact) mass is 260 g/mol. The molecule has 0 radical (unpaired) electrons. The van der Waals surface area contributed by atoms with E-state index < -0.39 is 0 Å². The summed E-state index contributed by atoms with van der Waals surface area (Å²) in [5.41, 5.74) is 2.79. The summed E-state index contributed by atoms with van der Waals surface area (Å²) in [6, 6.07) is 1.98. The predicted octanol–water partition coefficient (Wildman–Crippen LogP) is 2.98. The Morgan fingerprint density at radius 1 is 1.64 bits per heavy atom. The van der Waals surface area contributed by atoms with Crippen LogP contribution in [0.2, 0.25) is 0 Å². The van der Waals surface area contributed by atoms with Gasteiger partial charge in [-0.3, -0.25) is 5.84 Å². The first kappa shape index (κ1) is 11.8. The van der Waals surface area contributed by atoms with Crippen LogP contribution in [0.5, 0.6) is 0 Å². The smallest absolute Gasteiger partial charge is 0.136 e. The second-order valence-corrected chi connectivity index (χ2v) is 4.46. The minimum Gasteiger partial charge on any atom is -0.466 e. The fraction of sp³-hybridized carbons (Fsp3) is 0.600. The van der Waals surface area contributed by atoms with E-state index in [0.29, 0.717) is 5.92 Å². The summed E-state index contributed by atoms with van der Waals surface area (Å²) < 4.78 is 6.35. The molecular weight excluding hydrogens is 244 g/mol. The maximum atomic E-state index is 5.51. The molecule has 1 heterocycles.